The highest BCUT2D eigenvalue weighted by atomic mass is 16.5. The Bertz CT molecular complexity index is 795. The average Bonchev–Trinajstić information content (AvgIpc) is 3.40. The van der Waals surface area contributed by atoms with Crippen molar-refractivity contribution < 1.29 is 9.53 Å². The van der Waals surface area contributed by atoms with Crippen LogP contribution in [0.5, 0.6) is 0 Å². The third-order valence-electron chi connectivity index (χ3n) is 5.26. The molecule has 2 aromatic heterocycles. The Kier molecular flexibility index (Phi) is 5.17. The highest BCUT2D eigenvalue weighted by molar-refractivity contribution is 5.90. The molecule has 0 N–H and O–H groups in total. The van der Waals surface area contributed by atoms with Crippen LogP contribution < -0.4 is 0 Å². The van der Waals surface area contributed by atoms with Gasteiger partial charge in [-0.3, -0.25) is 14.2 Å². The Labute approximate surface area is 158 Å². The maximum atomic E-state index is 12.8. The van der Waals surface area contributed by atoms with Crippen molar-refractivity contribution in [2.45, 2.75) is 25.3 Å². The van der Waals surface area contributed by atoms with Gasteiger partial charge in [-0.15, -0.1) is 10.2 Å². The number of hydrogen-bond acceptors (Lipinski definition) is 7. The minimum absolute atomic E-state index is 0.0417. The summed E-state index contributed by atoms with van der Waals surface area (Å²) in [5.74, 6) is 0.0625. The Balaban J connectivity index is 1.41. The van der Waals surface area contributed by atoms with Crippen molar-refractivity contribution in [2.75, 3.05) is 39.4 Å². The molecule has 146 valence electrons. The number of carbonyl (C=O) groups is 1. The maximum absolute atomic E-state index is 12.8. The predicted molar refractivity (Wildman–Crippen MR) is 96.0 cm³/mol. The SMILES string of the molecule is Cn1cnc(C(=O)N2Cc3nnn(C)c3[C@H](COCCN3CCCC3)C2)n1. The summed E-state index contributed by atoms with van der Waals surface area (Å²) in [6, 6.07) is 0. The molecule has 2 aliphatic rings. The van der Waals surface area contributed by atoms with E-state index in [-0.39, 0.29) is 17.6 Å². The molecule has 2 aliphatic heterocycles. The topological polar surface area (TPSA) is 94.2 Å². The Morgan fingerprint density at radius 1 is 1.30 bits per heavy atom. The van der Waals surface area contributed by atoms with Crippen LogP contribution in [-0.4, -0.2) is 84.9 Å². The van der Waals surface area contributed by atoms with Crippen molar-refractivity contribution in [3.63, 3.8) is 0 Å². The standard InChI is InChI=1S/C17H26N8O2/c1-22-12-18-16(20-22)17(26)25-9-13(15-14(10-25)19-21-23(15)2)11-27-8-7-24-5-3-4-6-24/h12-13H,3-11H2,1-2H3/t13-/m0/s1. The van der Waals surface area contributed by atoms with E-state index in [1.807, 2.05) is 7.05 Å². The lowest BCUT2D eigenvalue weighted by Gasteiger charge is -2.31. The third-order valence-corrected chi connectivity index (χ3v) is 5.26. The molecule has 1 saturated heterocycles. The first kappa shape index (κ1) is 18.1. The molecule has 0 spiro atoms. The summed E-state index contributed by atoms with van der Waals surface area (Å²) >= 11 is 0. The second-order valence-corrected chi connectivity index (χ2v) is 7.29. The van der Waals surface area contributed by atoms with Gasteiger partial charge in [0.15, 0.2) is 0 Å². The Morgan fingerprint density at radius 3 is 2.85 bits per heavy atom. The number of rotatable bonds is 6. The predicted octanol–water partition coefficient (Wildman–Crippen LogP) is -0.204. The number of carbonyl (C=O) groups excluding carboxylic acids is 1. The van der Waals surface area contributed by atoms with Crippen molar-refractivity contribution >= 4 is 5.91 Å². The normalized spacial score (nSPS) is 20.2. The first-order chi connectivity index (χ1) is 13.1. The molecular weight excluding hydrogens is 348 g/mol. The van der Waals surface area contributed by atoms with Crippen LogP contribution >= 0.6 is 0 Å². The summed E-state index contributed by atoms with van der Waals surface area (Å²) in [6.07, 6.45) is 4.10. The molecule has 0 aromatic carbocycles. The first-order valence-corrected chi connectivity index (χ1v) is 9.45. The van der Waals surface area contributed by atoms with Crippen LogP contribution in [0.3, 0.4) is 0 Å². The third kappa shape index (κ3) is 3.86. The molecular formula is C17H26N8O2. The van der Waals surface area contributed by atoms with Crippen LogP contribution in [0.25, 0.3) is 0 Å². The molecule has 1 fully saturated rings. The molecule has 1 atom stereocenters. The van der Waals surface area contributed by atoms with Crippen LogP contribution in [0.15, 0.2) is 6.33 Å². The van der Waals surface area contributed by atoms with E-state index in [9.17, 15) is 4.79 Å². The van der Waals surface area contributed by atoms with Crippen LogP contribution in [0.1, 0.15) is 40.8 Å². The van der Waals surface area contributed by atoms with Gasteiger partial charge in [0.05, 0.1) is 25.5 Å². The van der Waals surface area contributed by atoms with Crippen LogP contribution in [0, 0.1) is 0 Å². The van der Waals surface area contributed by atoms with E-state index in [2.05, 4.69) is 25.3 Å². The van der Waals surface area contributed by atoms with Gasteiger partial charge in [-0.1, -0.05) is 5.21 Å². The lowest BCUT2D eigenvalue weighted by molar-refractivity contribution is 0.0594. The molecule has 2 aromatic rings. The second-order valence-electron chi connectivity index (χ2n) is 7.29. The van der Waals surface area contributed by atoms with Gasteiger partial charge in [0, 0.05) is 33.1 Å². The van der Waals surface area contributed by atoms with E-state index in [0.29, 0.717) is 26.3 Å². The number of likely N-dealkylation sites (tertiary alicyclic amines) is 1. The number of nitrogens with zero attached hydrogens (tertiary/aromatic N) is 8. The molecule has 4 heterocycles. The quantitative estimate of drug-likeness (QED) is 0.646. The zero-order valence-electron chi connectivity index (χ0n) is 15.9. The Hall–Kier alpha value is -2.33. The molecule has 0 radical (unpaired) electrons. The monoisotopic (exact) mass is 374 g/mol. The summed E-state index contributed by atoms with van der Waals surface area (Å²) in [5, 5.41) is 12.5. The van der Waals surface area contributed by atoms with E-state index in [4.69, 9.17) is 4.74 Å². The first-order valence-electron chi connectivity index (χ1n) is 9.45. The van der Waals surface area contributed by atoms with E-state index in [0.717, 1.165) is 17.9 Å². The summed E-state index contributed by atoms with van der Waals surface area (Å²) in [7, 11) is 3.64. The molecule has 0 saturated carbocycles. The molecule has 1 amide bonds. The van der Waals surface area contributed by atoms with Crippen molar-refractivity contribution in [3.8, 4) is 0 Å². The molecule has 10 nitrogen and oxygen atoms in total. The van der Waals surface area contributed by atoms with Crippen molar-refractivity contribution in [1.29, 1.82) is 0 Å². The van der Waals surface area contributed by atoms with Gasteiger partial charge in [0.2, 0.25) is 5.82 Å². The largest absolute Gasteiger partial charge is 0.379 e. The van der Waals surface area contributed by atoms with E-state index in [1.165, 1.54) is 36.9 Å². The molecule has 10 heteroatoms. The number of aryl methyl sites for hydroxylation is 2. The van der Waals surface area contributed by atoms with E-state index in [1.54, 1.807) is 16.6 Å². The van der Waals surface area contributed by atoms with Gasteiger partial charge in [-0.25, -0.2) is 4.98 Å². The van der Waals surface area contributed by atoms with E-state index < -0.39 is 0 Å². The van der Waals surface area contributed by atoms with Crippen molar-refractivity contribution in [1.82, 2.24) is 39.6 Å². The zero-order valence-corrected chi connectivity index (χ0v) is 15.9. The van der Waals surface area contributed by atoms with Crippen molar-refractivity contribution in [3.05, 3.63) is 23.5 Å². The number of amides is 1. The van der Waals surface area contributed by atoms with Gasteiger partial charge < -0.3 is 14.5 Å². The van der Waals surface area contributed by atoms with Crippen LogP contribution in [-0.2, 0) is 25.4 Å². The molecule has 4 rings (SSSR count). The minimum atomic E-state index is -0.186. The maximum Gasteiger partial charge on any atom is 0.293 e. The number of fused-ring (bicyclic) bond motifs is 1. The lowest BCUT2D eigenvalue weighted by atomic mass is 9.99. The second kappa shape index (κ2) is 7.73. The van der Waals surface area contributed by atoms with Gasteiger partial charge >= 0.3 is 0 Å². The van der Waals surface area contributed by atoms with Gasteiger partial charge in [-0.05, 0) is 25.9 Å². The van der Waals surface area contributed by atoms with Gasteiger partial charge in [0.25, 0.3) is 5.91 Å². The van der Waals surface area contributed by atoms with E-state index >= 15 is 0 Å². The Morgan fingerprint density at radius 2 is 2.11 bits per heavy atom. The van der Waals surface area contributed by atoms with Crippen molar-refractivity contribution in [2.24, 2.45) is 14.1 Å². The summed E-state index contributed by atoms with van der Waals surface area (Å²) in [4.78, 5) is 21.0. The summed E-state index contributed by atoms with van der Waals surface area (Å²) < 4.78 is 9.30. The summed E-state index contributed by atoms with van der Waals surface area (Å²) in [6.45, 7) is 5.52. The van der Waals surface area contributed by atoms with Gasteiger partial charge in [-0.2, -0.15) is 0 Å². The van der Waals surface area contributed by atoms with Crippen LogP contribution in [0.2, 0.25) is 0 Å². The fourth-order valence-electron chi connectivity index (χ4n) is 3.91. The number of ether oxygens (including phenoxy) is 1. The molecule has 0 unspecified atom stereocenters. The number of hydrogen-bond donors (Lipinski definition) is 0. The molecule has 27 heavy (non-hydrogen) atoms. The van der Waals surface area contributed by atoms with Gasteiger partial charge in [0.1, 0.15) is 12.0 Å². The molecule has 0 bridgehead atoms. The minimum Gasteiger partial charge on any atom is -0.379 e. The lowest BCUT2D eigenvalue weighted by Crippen LogP contribution is -2.41. The average molecular weight is 374 g/mol. The highest BCUT2D eigenvalue weighted by Crippen LogP contribution is 2.27. The summed E-state index contributed by atoms with van der Waals surface area (Å²) in [5.41, 5.74) is 1.87. The fraction of sp³-hybridized carbons (Fsp3) is 0.706. The highest BCUT2D eigenvalue weighted by Gasteiger charge is 2.34. The smallest absolute Gasteiger partial charge is 0.293 e. The number of aromatic nitrogens is 6. The van der Waals surface area contributed by atoms with Crippen LogP contribution in [0.4, 0.5) is 0 Å². The molecule has 0 aliphatic carbocycles. The zero-order chi connectivity index (χ0) is 18.8. The fourth-order valence-corrected chi connectivity index (χ4v) is 3.91.